The molecule has 0 spiro atoms. The molecule has 0 atom stereocenters. The smallest absolute Gasteiger partial charge is 0.251 e. The molecule has 2 aromatic rings. The van der Waals surface area contributed by atoms with Gasteiger partial charge < -0.3 is 15.2 Å². The van der Waals surface area contributed by atoms with Crippen LogP contribution in [0.15, 0.2) is 54.6 Å². The molecule has 4 nitrogen and oxygen atoms in total. The van der Waals surface area contributed by atoms with Crippen molar-refractivity contribution in [2.45, 2.75) is 19.4 Å². The molecule has 0 saturated heterocycles. The van der Waals surface area contributed by atoms with Crippen LogP contribution in [0.4, 0.5) is 0 Å². The van der Waals surface area contributed by atoms with Crippen molar-refractivity contribution in [3.8, 4) is 5.75 Å². The number of aliphatic hydroxyl groups excluding tert-OH is 1. The van der Waals surface area contributed by atoms with E-state index >= 15 is 0 Å². The molecule has 1 aliphatic rings. The summed E-state index contributed by atoms with van der Waals surface area (Å²) in [5.74, 6) is 0.664. The van der Waals surface area contributed by atoms with E-state index in [9.17, 15) is 9.90 Å². The van der Waals surface area contributed by atoms with Gasteiger partial charge in [-0.2, -0.15) is 0 Å². The Morgan fingerprint density at radius 2 is 1.78 bits per heavy atom. The summed E-state index contributed by atoms with van der Waals surface area (Å²) < 4.78 is 5.74. The number of amides is 1. The summed E-state index contributed by atoms with van der Waals surface area (Å²) in [6.45, 7) is 1.00. The van der Waals surface area contributed by atoms with Crippen molar-refractivity contribution in [3.63, 3.8) is 0 Å². The summed E-state index contributed by atoms with van der Waals surface area (Å²) in [7, 11) is 0. The molecule has 2 aromatic carbocycles. The van der Waals surface area contributed by atoms with E-state index in [-0.39, 0.29) is 17.9 Å². The highest BCUT2D eigenvalue weighted by molar-refractivity contribution is 5.95. The van der Waals surface area contributed by atoms with Gasteiger partial charge in [0.25, 0.3) is 5.91 Å². The molecule has 1 fully saturated rings. The fourth-order valence-corrected chi connectivity index (χ4v) is 2.48. The molecule has 120 valence electrons. The summed E-state index contributed by atoms with van der Waals surface area (Å²) in [5.41, 5.74) is 1.38. The van der Waals surface area contributed by atoms with Gasteiger partial charge in [0, 0.05) is 23.1 Å². The van der Waals surface area contributed by atoms with E-state index in [1.54, 1.807) is 6.07 Å². The highest BCUT2D eigenvalue weighted by atomic mass is 16.5. The molecule has 0 bridgehead atoms. The van der Waals surface area contributed by atoms with Crippen molar-refractivity contribution in [1.82, 2.24) is 5.32 Å². The second-order valence-corrected chi connectivity index (χ2v) is 6.10. The standard InChI is InChI=1S/C19H21NO3/c21-14-19(10-11-19)13-20-18(22)17-9-5-4-6-15(17)12-23-16-7-2-1-3-8-16/h1-9,21H,10-14H2,(H,20,22). The van der Waals surface area contributed by atoms with E-state index in [0.717, 1.165) is 24.2 Å². The maximum absolute atomic E-state index is 12.4. The molecule has 1 aliphatic carbocycles. The van der Waals surface area contributed by atoms with Crippen LogP contribution in [0.2, 0.25) is 0 Å². The Hall–Kier alpha value is -2.33. The number of rotatable bonds is 7. The Morgan fingerprint density at radius 1 is 1.09 bits per heavy atom. The van der Waals surface area contributed by atoms with Crippen LogP contribution in [0.25, 0.3) is 0 Å². The first kappa shape index (κ1) is 15.6. The predicted molar refractivity (Wildman–Crippen MR) is 88.3 cm³/mol. The number of aliphatic hydroxyl groups is 1. The lowest BCUT2D eigenvalue weighted by Crippen LogP contribution is -2.32. The van der Waals surface area contributed by atoms with E-state index in [4.69, 9.17) is 4.74 Å². The van der Waals surface area contributed by atoms with Gasteiger partial charge >= 0.3 is 0 Å². The molecule has 2 N–H and O–H groups in total. The zero-order valence-corrected chi connectivity index (χ0v) is 13.0. The Morgan fingerprint density at radius 3 is 2.48 bits per heavy atom. The highest BCUT2D eigenvalue weighted by Crippen LogP contribution is 2.44. The van der Waals surface area contributed by atoms with Crippen molar-refractivity contribution in [1.29, 1.82) is 0 Å². The first-order valence-electron chi connectivity index (χ1n) is 7.87. The van der Waals surface area contributed by atoms with Gasteiger partial charge in [0.1, 0.15) is 12.4 Å². The number of hydrogen-bond donors (Lipinski definition) is 2. The van der Waals surface area contributed by atoms with E-state index < -0.39 is 0 Å². The normalized spacial score (nSPS) is 15.0. The van der Waals surface area contributed by atoms with Gasteiger partial charge in [0.15, 0.2) is 0 Å². The maximum atomic E-state index is 12.4. The van der Waals surface area contributed by atoms with Crippen LogP contribution in [-0.4, -0.2) is 24.2 Å². The molecule has 0 aliphatic heterocycles. The average molecular weight is 311 g/mol. The SMILES string of the molecule is O=C(NCC1(CO)CC1)c1ccccc1COc1ccccc1. The second-order valence-electron chi connectivity index (χ2n) is 6.10. The molecule has 0 radical (unpaired) electrons. The van der Waals surface area contributed by atoms with Crippen molar-refractivity contribution >= 4 is 5.91 Å². The molecule has 0 aromatic heterocycles. The minimum absolute atomic E-state index is 0.0921. The van der Waals surface area contributed by atoms with E-state index in [1.165, 1.54) is 0 Å². The predicted octanol–water partition coefficient (Wildman–Crippen LogP) is 2.77. The molecule has 0 unspecified atom stereocenters. The third-order valence-corrected chi connectivity index (χ3v) is 4.32. The summed E-state index contributed by atoms with van der Waals surface area (Å²) in [4.78, 5) is 12.4. The number of nitrogens with one attached hydrogen (secondary N) is 1. The van der Waals surface area contributed by atoms with Crippen LogP contribution in [0.5, 0.6) is 5.75 Å². The van der Waals surface area contributed by atoms with Gasteiger partial charge in [0.2, 0.25) is 0 Å². The molecule has 4 heteroatoms. The Bertz CT molecular complexity index is 665. The van der Waals surface area contributed by atoms with Crippen molar-refractivity contribution in [3.05, 3.63) is 65.7 Å². The molecule has 1 saturated carbocycles. The van der Waals surface area contributed by atoms with Crippen molar-refractivity contribution in [2.24, 2.45) is 5.41 Å². The van der Waals surface area contributed by atoms with Crippen LogP contribution in [0.3, 0.4) is 0 Å². The summed E-state index contributed by atoms with van der Waals surface area (Å²) in [6, 6.07) is 17.0. The van der Waals surface area contributed by atoms with Crippen LogP contribution in [0, 0.1) is 5.41 Å². The van der Waals surface area contributed by atoms with E-state index in [1.807, 2.05) is 48.5 Å². The highest BCUT2D eigenvalue weighted by Gasteiger charge is 2.42. The summed E-state index contributed by atoms with van der Waals surface area (Å²) in [6.07, 6.45) is 1.95. The zero-order chi connectivity index (χ0) is 16.1. The number of ether oxygens (including phenoxy) is 1. The zero-order valence-electron chi connectivity index (χ0n) is 13.0. The largest absolute Gasteiger partial charge is 0.489 e. The lowest BCUT2D eigenvalue weighted by atomic mass is 10.1. The van der Waals surface area contributed by atoms with Gasteiger partial charge in [-0.1, -0.05) is 36.4 Å². The number of carbonyl (C=O) groups excluding carboxylic acids is 1. The van der Waals surface area contributed by atoms with Crippen molar-refractivity contribution in [2.75, 3.05) is 13.2 Å². The lowest BCUT2D eigenvalue weighted by Gasteiger charge is -2.15. The molecule has 0 heterocycles. The van der Waals surface area contributed by atoms with E-state index in [0.29, 0.717) is 18.7 Å². The van der Waals surface area contributed by atoms with Gasteiger partial charge in [0.05, 0.1) is 6.61 Å². The van der Waals surface area contributed by atoms with Crippen LogP contribution >= 0.6 is 0 Å². The van der Waals surface area contributed by atoms with Gasteiger partial charge in [-0.25, -0.2) is 0 Å². The van der Waals surface area contributed by atoms with E-state index in [2.05, 4.69) is 5.32 Å². The minimum Gasteiger partial charge on any atom is -0.489 e. The van der Waals surface area contributed by atoms with Crippen LogP contribution in [-0.2, 0) is 6.61 Å². The number of para-hydroxylation sites is 1. The first-order valence-corrected chi connectivity index (χ1v) is 7.87. The molecule has 1 amide bonds. The molecule has 23 heavy (non-hydrogen) atoms. The Kier molecular flexibility index (Phi) is 4.63. The quantitative estimate of drug-likeness (QED) is 0.826. The number of hydrogen-bond acceptors (Lipinski definition) is 3. The van der Waals surface area contributed by atoms with Crippen LogP contribution < -0.4 is 10.1 Å². The first-order chi connectivity index (χ1) is 11.2. The summed E-state index contributed by atoms with van der Waals surface area (Å²) >= 11 is 0. The average Bonchev–Trinajstić information content (AvgIpc) is 3.40. The minimum atomic E-state index is -0.114. The molecular formula is C19H21NO3. The third-order valence-electron chi connectivity index (χ3n) is 4.32. The van der Waals surface area contributed by atoms with Crippen LogP contribution in [0.1, 0.15) is 28.8 Å². The van der Waals surface area contributed by atoms with Crippen molar-refractivity contribution < 1.29 is 14.6 Å². The molecule has 3 rings (SSSR count). The number of carbonyl (C=O) groups is 1. The Labute approximate surface area is 136 Å². The number of benzene rings is 2. The van der Waals surface area contributed by atoms with Gasteiger partial charge in [-0.15, -0.1) is 0 Å². The fourth-order valence-electron chi connectivity index (χ4n) is 2.48. The molecular weight excluding hydrogens is 290 g/mol. The Balaban J connectivity index is 1.64. The second kappa shape index (κ2) is 6.84. The third kappa shape index (κ3) is 3.90. The fraction of sp³-hybridized carbons (Fsp3) is 0.316. The maximum Gasteiger partial charge on any atom is 0.251 e. The summed E-state index contributed by atoms with van der Waals surface area (Å²) in [5, 5.41) is 12.3. The van der Waals surface area contributed by atoms with Gasteiger partial charge in [-0.3, -0.25) is 4.79 Å². The topological polar surface area (TPSA) is 58.6 Å². The van der Waals surface area contributed by atoms with Gasteiger partial charge in [-0.05, 0) is 31.0 Å². The lowest BCUT2D eigenvalue weighted by molar-refractivity contribution is 0.0932. The monoisotopic (exact) mass is 311 g/mol.